The summed E-state index contributed by atoms with van der Waals surface area (Å²) in [5.41, 5.74) is 11.4. The summed E-state index contributed by atoms with van der Waals surface area (Å²) in [5, 5.41) is 12.7. The number of nitrogens with one attached hydrogen (secondary N) is 2. The lowest BCUT2D eigenvalue weighted by atomic mass is 9.88. The Balaban J connectivity index is 1.59. The summed E-state index contributed by atoms with van der Waals surface area (Å²) >= 11 is 0. The number of fused-ring (bicyclic) bond motifs is 2. The van der Waals surface area contributed by atoms with Gasteiger partial charge in [-0.05, 0) is 68.3 Å². The lowest BCUT2D eigenvalue weighted by Crippen LogP contribution is -2.19. The highest BCUT2D eigenvalue weighted by Crippen LogP contribution is 2.35. The molecule has 0 aliphatic heterocycles. The maximum atomic E-state index is 12.5. The first-order valence-electron chi connectivity index (χ1n) is 12.3. The van der Waals surface area contributed by atoms with Crippen molar-refractivity contribution in [1.29, 1.82) is 0 Å². The zero-order valence-corrected chi connectivity index (χ0v) is 20.8. The zero-order valence-electron chi connectivity index (χ0n) is 20.8. The van der Waals surface area contributed by atoms with Crippen LogP contribution in [-0.2, 0) is 6.42 Å². The van der Waals surface area contributed by atoms with E-state index in [4.69, 9.17) is 10.5 Å². The van der Waals surface area contributed by atoms with Crippen molar-refractivity contribution in [3.63, 3.8) is 0 Å². The highest BCUT2D eigenvalue weighted by molar-refractivity contribution is 5.96. The molecule has 3 aromatic carbocycles. The molecule has 186 valence electrons. The summed E-state index contributed by atoms with van der Waals surface area (Å²) in [6.07, 6.45) is 4.22. The number of rotatable bonds is 7. The lowest BCUT2D eigenvalue weighted by Gasteiger charge is -2.23. The van der Waals surface area contributed by atoms with E-state index in [2.05, 4.69) is 27.9 Å². The van der Waals surface area contributed by atoms with E-state index in [9.17, 15) is 9.90 Å². The van der Waals surface area contributed by atoms with Crippen LogP contribution in [0.3, 0.4) is 0 Å². The molecule has 0 radical (unpaired) electrons. The normalized spacial score (nSPS) is 12.0. The second kappa shape index (κ2) is 10.3. The van der Waals surface area contributed by atoms with Gasteiger partial charge in [-0.2, -0.15) is 0 Å². The Morgan fingerprint density at radius 3 is 2.59 bits per heavy atom. The highest BCUT2D eigenvalue weighted by Gasteiger charge is 2.24. The first kappa shape index (κ1) is 24.2. The molecule has 5 rings (SSSR count). The van der Waals surface area contributed by atoms with Gasteiger partial charge in [0, 0.05) is 56.8 Å². The van der Waals surface area contributed by atoms with E-state index in [0.29, 0.717) is 23.3 Å². The van der Waals surface area contributed by atoms with Crippen LogP contribution in [-0.4, -0.2) is 33.7 Å². The zero-order chi connectivity index (χ0) is 25.9. The van der Waals surface area contributed by atoms with Crippen LogP contribution in [0.25, 0.3) is 21.8 Å². The Kier molecular flexibility index (Phi) is 6.72. The van der Waals surface area contributed by atoms with Crippen molar-refractivity contribution in [2.24, 2.45) is 5.73 Å². The first-order valence-corrected chi connectivity index (χ1v) is 12.3. The van der Waals surface area contributed by atoms with Crippen molar-refractivity contribution in [2.75, 3.05) is 6.61 Å². The summed E-state index contributed by atoms with van der Waals surface area (Å²) in [6, 6.07) is 19.6. The number of aliphatic hydroxyl groups excluding tert-OH is 1. The summed E-state index contributed by atoms with van der Waals surface area (Å²) in [6.45, 7) is 3.66. The Morgan fingerprint density at radius 1 is 1.00 bits per heavy atom. The molecule has 0 spiro atoms. The van der Waals surface area contributed by atoms with Gasteiger partial charge in [-0.3, -0.25) is 4.79 Å². The molecule has 5 aromatic rings. The highest BCUT2D eigenvalue weighted by atomic mass is 16.5. The number of nitrogens with two attached hydrogens (primary N) is 1. The van der Waals surface area contributed by atoms with Crippen molar-refractivity contribution < 1.29 is 14.6 Å². The molecule has 0 saturated carbocycles. The van der Waals surface area contributed by atoms with Crippen LogP contribution in [0.15, 0.2) is 73.1 Å². The number of primary amides is 1. The van der Waals surface area contributed by atoms with Crippen LogP contribution >= 0.6 is 0 Å². The number of H-pyrrole nitrogens is 2. The maximum absolute atomic E-state index is 12.5. The van der Waals surface area contributed by atoms with E-state index in [0.717, 1.165) is 32.9 Å². The molecule has 1 amide bonds. The first-order chi connectivity index (χ1) is 17.9. The van der Waals surface area contributed by atoms with Crippen LogP contribution < -0.4 is 10.5 Å². The largest absolute Gasteiger partial charge is 0.490 e. The van der Waals surface area contributed by atoms with Crippen molar-refractivity contribution in [1.82, 2.24) is 9.97 Å². The fourth-order valence-electron chi connectivity index (χ4n) is 4.69. The molecule has 6 nitrogen and oxygen atoms in total. The third-order valence-electron chi connectivity index (χ3n) is 6.44. The van der Waals surface area contributed by atoms with E-state index in [1.807, 2.05) is 74.8 Å². The predicted molar refractivity (Wildman–Crippen MR) is 147 cm³/mol. The average Bonchev–Trinajstić information content (AvgIpc) is 3.52. The molecule has 5 N–H and O–H groups in total. The molecular weight excluding hydrogens is 462 g/mol. The van der Waals surface area contributed by atoms with Crippen LogP contribution in [0.1, 0.15) is 52.4 Å². The fourth-order valence-corrected chi connectivity index (χ4v) is 4.69. The molecule has 2 aromatic heterocycles. The van der Waals surface area contributed by atoms with E-state index in [1.54, 1.807) is 6.07 Å². The second-order valence-electron chi connectivity index (χ2n) is 9.45. The van der Waals surface area contributed by atoms with Gasteiger partial charge in [0.1, 0.15) is 5.75 Å². The topological polar surface area (TPSA) is 104 Å². The Morgan fingerprint density at radius 2 is 1.81 bits per heavy atom. The third kappa shape index (κ3) is 5.09. The minimum Gasteiger partial charge on any atom is -0.490 e. The van der Waals surface area contributed by atoms with Gasteiger partial charge in [-0.1, -0.05) is 30.0 Å². The maximum Gasteiger partial charge on any atom is 0.252 e. The van der Waals surface area contributed by atoms with Crippen LogP contribution in [0.2, 0.25) is 0 Å². The number of hydrogen-bond acceptors (Lipinski definition) is 3. The molecule has 0 bridgehead atoms. The molecular formula is C31H29N3O3. The lowest BCUT2D eigenvalue weighted by molar-refractivity contribution is 0.0994. The summed E-state index contributed by atoms with van der Waals surface area (Å²) in [7, 11) is 0. The molecule has 2 heterocycles. The number of carbonyl (C=O) groups is 1. The molecule has 0 saturated heterocycles. The number of benzene rings is 3. The minimum absolute atomic E-state index is 0.132. The minimum atomic E-state index is -0.599. The van der Waals surface area contributed by atoms with Crippen molar-refractivity contribution in [3.8, 4) is 17.6 Å². The number of hydrogen-bond donors (Lipinski definition) is 4. The SMILES string of the molecule is CC(C)Oc1c(C(N)=O)cc(C#Cc2ccc3[nH]ccc3c2)cc1[C@H](CO)Cc1c[nH]c2ccccc12. The number of aromatic amines is 2. The molecule has 0 unspecified atom stereocenters. The molecule has 6 heteroatoms. The van der Waals surface area contributed by atoms with Crippen molar-refractivity contribution in [3.05, 3.63) is 101 Å². The van der Waals surface area contributed by atoms with Gasteiger partial charge in [0.05, 0.1) is 18.3 Å². The van der Waals surface area contributed by atoms with E-state index in [1.165, 1.54) is 0 Å². The molecule has 0 fully saturated rings. The van der Waals surface area contributed by atoms with Gasteiger partial charge in [0.15, 0.2) is 0 Å². The van der Waals surface area contributed by atoms with Gasteiger partial charge in [0.2, 0.25) is 0 Å². The van der Waals surface area contributed by atoms with Crippen LogP contribution in [0.5, 0.6) is 5.75 Å². The monoisotopic (exact) mass is 491 g/mol. The number of amides is 1. The second-order valence-corrected chi connectivity index (χ2v) is 9.45. The predicted octanol–water partition coefficient (Wildman–Crippen LogP) is 5.25. The quantitative estimate of drug-likeness (QED) is 0.234. The Bertz CT molecular complexity index is 1650. The van der Waals surface area contributed by atoms with Gasteiger partial charge >= 0.3 is 0 Å². The van der Waals surface area contributed by atoms with Crippen molar-refractivity contribution in [2.45, 2.75) is 32.3 Å². The van der Waals surface area contributed by atoms with Crippen LogP contribution in [0, 0.1) is 11.8 Å². The van der Waals surface area contributed by atoms with Gasteiger partial charge in [0.25, 0.3) is 5.91 Å². The average molecular weight is 492 g/mol. The summed E-state index contributed by atoms with van der Waals surface area (Å²) in [4.78, 5) is 19.0. The molecule has 0 aliphatic carbocycles. The molecule has 37 heavy (non-hydrogen) atoms. The fraction of sp³-hybridized carbons (Fsp3) is 0.194. The van der Waals surface area contributed by atoms with Crippen LogP contribution in [0.4, 0.5) is 0 Å². The molecule has 1 atom stereocenters. The number of aromatic nitrogens is 2. The summed E-state index contributed by atoms with van der Waals surface area (Å²) < 4.78 is 6.11. The van der Waals surface area contributed by atoms with Gasteiger partial charge in [-0.25, -0.2) is 0 Å². The standard InChI is InChI=1S/C31H29N3O3/c1-19(2)37-30-26(24(18-35)16-23-17-34-29-6-4-3-5-25(23)29)14-21(15-27(30)31(32)36)8-7-20-9-10-28-22(13-20)11-12-33-28/h3-6,9-15,17,19,24,33-35H,16,18H2,1-2H3,(H2,32,36)/t24-/m0/s1. The van der Waals surface area contributed by atoms with Crippen molar-refractivity contribution >= 4 is 27.7 Å². The van der Waals surface area contributed by atoms with Gasteiger partial charge in [-0.15, -0.1) is 0 Å². The van der Waals surface area contributed by atoms with E-state index >= 15 is 0 Å². The van der Waals surface area contributed by atoms with E-state index in [-0.39, 0.29) is 24.2 Å². The number of aliphatic hydroxyl groups is 1. The van der Waals surface area contributed by atoms with Gasteiger partial charge < -0.3 is 25.5 Å². The summed E-state index contributed by atoms with van der Waals surface area (Å²) in [5.74, 6) is 5.86. The van der Waals surface area contributed by atoms with E-state index < -0.39 is 5.91 Å². The Labute approximate surface area is 215 Å². The smallest absolute Gasteiger partial charge is 0.252 e. The number of para-hydroxylation sites is 1. The Hall–Kier alpha value is -4.47. The molecule has 0 aliphatic rings. The third-order valence-corrected chi connectivity index (χ3v) is 6.44. The number of ether oxygens (including phenoxy) is 1. The number of carbonyl (C=O) groups excluding carboxylic acids is 1.